The van der Waals surface area contributed by atoms with E-state index in [0.29, 0.717) is 17.7 Å². The molecule has 0 saturated heterocycles. The first-order valence-corrected chi connectivity index (χ1v) is 11.3. The number of aliphatic hydroxyl groups excluding tert-OH is 1. The molecule has 1 atom stereocenters. The highest BCUT2D eigenvalue weighted by molar-refractivity contribution is 5.96. The molecule has 0 amide bonds. The van der Waals surface area contributed by atoms with Gasteiger partial charge in [0.2, 0.25) is 0 Å². The number of esters is 2. The summed E-state index contributed by atoms with van der Waals surface area (Å²) in [5.74, 6) is -0.853. The molecule has 0 bridgehead atoms. The summed E-state index contributed by atoms with van der Waals surface area (Å²) in [6.07, 6.45) is -0.837. The normalized spacial score (nSPS) is 12.9. The fourth-order valence-corrected chi connectivity index (χ4v) is 3.14. The van der Waals surface area contributed by atoms with Gasteiger partial charge in [-0.2, -0.15) is 0 Å². The van der Waals surface area contributed by atoms with Crippen LogP contribution in [0, 0.1) is 5.41 Å². The molecule has 3 aromatic rings. The maximum Gasteiger partial charge on any atom is 0.343 e. The Balaban J connectivity index is 1.89. The Kier molecular flexibility index (Phi) is 7.44. The van der Waals surface area contributed by atoms with Gasteiger partial charge in [-0.05, 0) is 82.1 Å². The summed E-state index contributed by atoms with van der Waals surface area (Å²) in [4.78, 5) is 25.5. The van der Waals surface area contributed by atoms with Crippen LogP contribution in [0.1, 0.15) is 63.6 Å². The topological polar surface area (TPSA) is 84.9 Å². The molecule has 6 nitrogen and oxygen atoms in total. The van der Waals surface area contributed by atoms with Crippen molar-refractivity contribution in [3.63, 3.8) is 0 Å². The maximum absolute atomic E-state index is 12.9. The van der Waals surface area contributed by atoms with Crippen LogP contribution in [-0.4, -0.2) is 29.1 Å². The number of carbonyl (C=O) groups is 2. The molecule has 3 rings (SSSR count). The van der Waals surface area contributed by atoms with E-state index in [0.717, 1.165) is 10.8 Å². The number of β-amino-alcohol motifs (C(OH)–C–C–N with tert-alkyl or cyclic N) is 1. The molecule has 0 saturated carbocycles. The lowest BCUT2D eigenvalue weighted by Gasteiger charge is -2.23. The molecule has 0 aliphatic rings. The number of hydrogen-bond acceptors (Lipinski definition) is 6. The average Bonchev–Trinajstić information content (AvgIpc) is 2.77. The van der Waals surface area contributed by atoms with Crippen LogP contribution in [0.25, 0.3) is 10.8 Å². The Hall–Kier alpha value is -3.22. The molecule has 34 heavy (non-hydrogen) atoms. The molecule has 180 valence electrons. The van der Waals surface area contributed by atoms with Crippen molar-refractivity contribution in [1.82, 2.24) is 5.32 Å². The third-order valence-electron chi connectivity index (χ3n) is 5.18. The minimum atomic E-state index is -0.837. The molecule has 0 radical (unpaired) electrons. The van der Waals surface area contributed by atoms with Gasteiger partial charge in [0, 0.05) is 12.1 Å². The van der Waals surface area contributed by atoms with Gasteiger partial charge >= 0.3 is 11.9 Å². The van der Waals surface area contributed by atoms with E-state index in [1.54, 1.807) is 51.1 Å². The number of aliphatic hydroxyl groups is 1. The number of carbonyl (C=O) groups excluding carboxylic acids is 2. The molecule has 0 aliphatic carbocycles. The molecule has 6 heteroatoms. The van der Waals surface area contributed by atoms with Gasteiger partial charge in [0.1, 0.15) is 0 Å². The van der Waals surface area contributed by atoms with Crippen molar-refractivity contribution < 1.29 is 24.2 Å². The van der Waals surface area contributed by atoms with E-state index in [1.165, 1.54) is 0 Å². The highest BCUT2D eigenvalue weighted by atomic mass is 16.6. The van der Waals surface area contributed by atoms with Crippen molar-refractivity contribution in [2.24, 2.45) is 5.41 Å². The first-order chi connectivity index (χ1) is 15.8. The van der Waals surface area contributed by atoms with Crippen LogP contribution in [0.2, 0.25) is 0 Å². The van der Waals surface area contributed by atoms with Gasteiger partial charge in [-0.1, -0.05) is 36.4 Å². The minimum absolute atomic E-state index is 0.0846. The summed E-state index contributed by atoms with van der Waals surface area (Å²) < 4.78 is 11.2. The summed E-state index contributed by atoms with van der Waals surface area (Å²) in [6.45, 7) is 11.5. The summed E-state index contributed by atoms with van der Waals surface area (Å²) in [6, 6.07) is 17.8. The predicted molar refractivity (Wildman–Crippen MR) is 133 cm³/mol. The first-order valence-electron chi connectivity index (χ1n) is 11.3. The van der Waals surface area contributed by atoms with E-state index in [4.69, 9.17) is 9.47 Å². The third kappa shape index (κ3) is 6.65. The Morgan fingerprint density at radius 1 is 0.853 bits per heavy atom. The van der Waals surface area contributed by atoms with Crippen LogP contribution in [0.15, 0.2) is 60.7 Å². The second-order valence-electron chi connectivity index (χ2n) is 10.4. The quantitative estimate of drug-likeness (QED) is 0.374. The fourth-order valence-electron chi connectivity index (χ4n) is 3.14. The Morgan fingerprint density at radius 3 is 2.18 bits per heavy atom. The maximum atomic E-state index is 12.9. The zero-order chi connectivity index (χ0) is 25.1. The summed E-state index contributed by atoms with van der Waals surface area (Å²) >= 11 is 0. The standard InChI is InChI=1S/C28H33NO5/c1-27(2,3)26(32)34-24-16-20(22(30)17-29-28(4,5)6)13-14-23(24)33-25(31)21-12-11-18-9-7-8-10-19(18)15-21/h7-16,22,29-30H,17H2,1-6H3. The first kappa shape index (κ1) is 25.4. The lowest BCUT2D eigenvalue weighted by atomic mass is 9.97. The van der Waals surface area contributed by atoms with Crippen LogP contribution < -0.4 is 14.8 Å². The number of nitrogens with one attached hydrogen (secondary N) is 1. The van der Waals surface area contributed by atoms with Gasteiger partial charge in [0.25, 0.3) is 0 Å². The average molecular weight is 464 g/mol. The van der Waals surface area contributed by atoms with E-state index < -0.39 is 23.5 Å². The number of ether oxygens (including phenoxy) is 2. The molecular formula is C28H33NO5. The lowest BCUT2D eigenvalue weighted by molar-refractivity contribution is -0.143. The van der Waals surface area contributed by atoms with Crippen molar-refractivity contribution in [2.75, 3.05) is 6.54 Å². The van der Waals surface area contributed by atoms with Gasteiger partial charge in [-0.3, -0.25) is 4.79 Å². The van der Waals surface area contributed by atoms with E-state index in [-0.39, 0.29) is 17.0 Å². The summed E-state index contributed by atoms with van der Waals surface area (Å²) in [5, 5.41) is 15.8. The largest absolute Gasteiger partial charge is 0.422 e. The molecule has 0 aromatic heterocycles. The van der Waals surface area contributed by atoms with Crippen molar-refractivity contribution >= 4 is 22.7 Å². The highest BCUT2D eigenvalue weighted by Crippen LogP contribution is 2.33. The zero-order valence-electron chi connectivity index (χ0n) is 20.6. The molecule has 3 aromatic carbocycles. The Morgan fingerprint density at radius 2 is 1.53 bits per heavy atom. The molecule has 0 heterocycles. The van der Waals surface area contributed by atoms with E-state index >= 15 is 0 Å². The fraction of sp³-hybridized carbons (Fsp3) is 0.357. The SMILES string of the molecule is CC(C)(C)NCC(O)c1ccc(OC(=O)c2ccc3ccccc3c2)c(OC(=O)C(C)(C)C)c1. The van der Waals surface area contributed by atoms with E-state index in [2.05, 4.69) is 5.32 Å². The minimum Gasteiger partial charge on any atom is -0.422 e. The van der Waals surface area contributed by atoms with Crippen molar-refractivity contribution in [2.45, 2.75) is 53.2 Å². The van der Waals surface area contributed by atoms with E-state index in [1.807, 2.05) is 51.1 Å². The van der Waals surface area contributed by atoms with Crippen molar-refractivity contribution in [3.8, 4) is 11.5 Å². The van der Waals surface area contributed by atoms with Crippen LogP contribution >= 0.6 is 0 Å². The number of fused-ring (bicyclic) bond motifs is 1. The predicted octanol–water partition coefficient (Wildman–Crippen LogP) is 5.43. The second-order valence-corrected chi connectivity index (χ2v) is 10.4. The number of benzene rings is 3. The molecule has 0 aliphatic heterocycles. The zero-order valence-corrected chi connectivity index (χ0v) is 20.6. The molecule has 0 fully saturated rings. The molecule has 0 spiro atoms. The molecule has 1 unspecified atom stereocenters. The monoisotopic (exact) mass is 463 g/mol. The van der Waals surface area contributed by atoms with Crippen molar-refractivity contribution in [1.29, 1.82) is 0 Å². The van der Waals surface area contributed by atoms with Crippen LogP contribution in [-0.2, 0) is 4.79 Å². The van der Waals surface area contributed by atoms with Crippen LogP contribution in [0.5, 0.6) is 11.5 Å². The number of rotatable bonds is 6. The van der Waals surface area contributed by atoms with Crippen molar-refractivity contribution in [3.05, 3.63) is 71.8 Å². The van der Waals surface area contributed by atoms with Gasteiger partial charge in [-0.15, -0.1) is 0 Å². The van der Waals surface area contributed by atoms with Gasteiger partial charge in [0.05, 0.1) is 17.1 Å². The summed E-state index contributed by atoms with van der Waals surface area (Å²) in [7, 11) is 0. The highest BCUT2D eigenvalue weighted by Gasteiger charge is 2.26. The third-order valence-corrected chi connectivity index (χ3v) is 5.18. The molecule has 2 N–H and O–H groups in total. The van der Waals surface area contributed by atoms with Gasteiger partial charge in [-0.25, -0.2) is 4.79 Å². The molecular weight excluding hydrogens is 430 g/mol. The smallest absolute Gasteiger partial charge is 0.343 e. The number of hydrogen-bond donors (Lipinski definition) is 2. The summed E-state index contributed by atoms with van der Waals surface area (Å²) in [5.41, 5.74) is -0.0101. The van der Waals surface area contributed by atoms with Gasteiger partial charge in [0.15, 0.2) is 11.5 Å². The Bertz CT molecular complexity index is 1190. The lowest BCUT2D eigenvalue weighted by Crippen LogP contribution is -2.38. The Labute approximate surface area is 200 Å². The van der Waals surface area contributed by atoms with Gasteiger partial charge < -0.3 is 19.9 Å². The second kappa shape index (κ2) is 9.95. The van der Waals surface area contributed by atoms with Crippen LogP contribution in [0.3, 0.4) is 0 Å². The van der Waals surface area contributed by atoms with E-state index in [9.17, 15) is 14.7 Å². The van der Waals surface area contributed by atoms with Crippen LogP contribution in [0.4, 0.5) is 0 Å².